The van der Waals surface area contributed by atoms with Crippen molar-refractivity contribution in [3.05, 3.63) is 0 Å². The lowest BCUT2D eigenvalue weighted by Crippen LogP contribution is -2.33. The SMILES string of the molecule is CC(C)(C)CCC1CCCCC1N. The van der Waals surface area contributed by atoms with Crippen LogP contribution in [0.1, 0.15) is 59.3 Å². The van der Waals surface area contributed by atoms with E-state index in [4.69, 9.17) is 5.73 Å². The van der Waals surface area contributed by atoms with Crippen molar-refractivity contribution in [2.24, 2.45) is 17.1 Å². The van der Waals surface area contributed by atoms with Gasteiger partial charge >= 0.3 is 0 Å². The van der Waals surface area contributed by atoms with E-state index in [1.807, 2.05) is 0 Å². The molecule has 1 aliphatic carbocycles. The van der Waals surface area contributed by atoms with Gasteiger partial charge in [0.15, 0.2) is 0 Å². The normalized spacial score (nSPS) is 30.5. The average Bonchev–Trinajstić information content (AvgIpc) is 2.01. The van der Waals surface area contributed by atoms with Crippen molar-refractivity contribution in [1.29, 1.82) is 0 Å². The molecule has 13 heavy (non-hydrogen) atoms. The van der Waals surface area contributed by atoms with Gasteiger partial charge < -0.3 is 5.73 Å². The highest BCUT2D eigenvalue weighted by molar-refractivity contribution is 4.79. The van der Waals surface area contributed by atoms with E-state index in [1.165, 1.54) is 38.5 Å². The van der Waals surface area contributed by atoms with E-state index in [9.17, 15) is 0 Å². The average molecular weight is 183 g/mol. The summed E-state index contributed by atoms with van der Waals surface area (Å²) in [6, 6.07) is 0.496. The highest BCUT2D eigenvalue weighted by Crippen LogP contribution is 2.31. The molecule has 1 saturated carbocycles. The third kappa shape index (κ3) is 4.12. The van der Waals surface area contributed by atoms with Gasteiger partial charge in [-0.1, -0.05) is 33.6 Å². The molecule has 1 fully saturated rings. The van der Waals surface area contributed by atoms with E-state index in [1.54, 1.807) is 0 Å². The van der Waals surface area contributed by atoms with Crippen molar-refractivity contribution in [2.45, 2.75) is 65.3 Å². The zero-order valence-corrected chi connectivity index (χ0v) is 9.47. The van der Waals surface area contributed by atoms with Gasteiger partial charge in [0.05, 0.1) is 0 Å². The fraction of sp³-hybridized carbons (Fsp3) is 1.00. The topological polar surface area (TPSA) is 26.0 Å². The Bertz CT molecular complexity index is 146. The second-order valence-electron chi connectivity index (χ2n) is 5.81. The lowest BCUT2D eigenvalue weighted by Gasteiger charge is -2.30. The van der Waals surface area contributed by atoms with Crippen LogP contribution in [0.5, 0.6) is 0 Å². The van der Waals surface area contributed by atoms with E-state index in [-0.39, 0.29) is 0 Å². The lowest BCUT2D eigenvalue weighted by molar-refractivity contribution is 0.246. The van der Waals surface area contributed by atoms with Crippen LogP contribution >= 0.6 is 0 Å². The van der Waals surface area contributed by atoms with E-state index < -0.39 is 0 Å². The summed E-state index contributed by atoms with van der Waals surface area (Å²) in [4.78, 5) is 0. The molecule has 0 aromatic rings. The molecule has 0 bridgehead atoms. The summed E-state index contributed by atoms with van der Waals surface area (Å²) in [7, 11) is 0. The fourth-order valence-corrected chi connectivity index (χ4v) is 2.21. The number of nitrogens with two attached hydrogens (primary N) is 1. The van der Waals surface area contributed by atoms with Gasteiger partial charge in [0.25, 0.3) is 0 Å². The Hall–Kier alpha value is -0.0400. The number of rotatable bonds is 2. The Morgan fingerprint density at radius 1 is 1.15 bits per heavy atom. The zero-order chi connectivity index (χ0) is 9.90. The minimum absolute atomic E-state index is 0.483. The summed E-state index contributed by atoms with van der Waals surface area (Å²) in [6.45, 7) is 6.96. The van der Waals surface area contributed by atoms with Gasteiger partial charge in [0, 0.05) is 6.04 Å². The summed E-state index contributed by atoms with van der Waals surface area (Å²) in [5, 5.41) is 0. The van der Waals surface area contributed by atoms with Crippen molar-refractivity contribution in [3.8, 4) is 0 Å². The molecule has 1 aliphatic rings. The lowest BCUT2D eigenvalue weighted by atomic mass is 9.78. The van der Waals surface area contributed by atoms with Crippen LogP contribution in [0.15, 0.2) is 0 Å². The first-order chi connectivity index (χ1) is 5.99. The maximum atomic E-state index is 6.11. The minimum Gasteiger partial charge on any atom is -0.327 e. The van der Waals surface area contributed by atoms with Crippen molar-refractivity contribution >= 4 is 0 Å². The third-order valence-corrected chi connectivity index (χ3v) is 3.23. The van der Waals surface area contributed by atoms with Gasteiger partial charge in [-0.2, -0.15) is 0 Å². The fourth-order valence-electron chi connectivity index (χ4n) is 2.21. The third-order valence-electron chi connectivity index (χ3n) is 3.23. The van der Waals surface area contributed by atoms with Gasteiger partial charge in [-0.3, -0.25) is 0 Å². The maximum Gasteiger partial charge on any atom is 0.00671 e. The zero-order valence-electron chi connectivity index (χ0n) is 9.47. The first-order valence-electron chi connectivity index (χ1n) is 5.74. The minimum atomic E-state index is 0.483. The predicted octanol–water partition coefficient (Wildman–Crippen LogP) is 3.33. The van der Waals surface area contributed by atoms with Gasteiger partial charge in [-0.25, -0.2) is 0 Å². The summed E-state index contributed by atoms with van der Waals surface area (Å²) in [5.74, 6) is 0.813. The Balaban J connectivity index is 2.27. The molecule has 0 radical (unpaired) electrons. The molecular weight excluding hydrogens is 158 g/mol. The van der Waals surface area contributed by atoms with Crippen LogP contribution in [0.25, 0.3) is 0 Å². The molecule has 2 unspecified atom stereocenters. The highest BCUT2D eigenvalue weighted by Gasteiger charge is 2.23. The van der Waals surface area contributed by atoms with Crippen molar-refractivity contribution in [2.75, 3.05) is 0 Å². The van der Waals surface area contributed by atoms with Crippen molar-refractivity contribution in [1.82, 2.24) is 0 Å². The summed E-state index contributed by atoms with van der Waals surface area (Å²) >= 11 is 0. The van der Waals surface area contributed by atoms with Crippen molar-refractivity contribution < 1.29 is 0 Å². The van der Waals surface area contributed by atoms with Crippen molar-refractivity contribution in [3.63, 3.8) is 0 Å². The summed E-state index contributed by atoms with van der Waals surface area (Å²) < 4.78 is 0. The molecule has 0 amide bonds. The molecule has 0 heterocycles. The van der Waals surface area contributed by atoms with Crippen LogP contribution in [-0.4, -0.2) is 6.04 Å². The molecule has 0 aromatic heterocycles. The van der Waals surface area contributed by atoms with E-state index in [2.05, 4.69) is 20.8 Å². The van der Waals surface area contributed by atoms with E-state index in [0.717, 1.165) is 5.92 Å². The quantitative estimate of drug-likeness (QED) is 0.698. The molecule has 78 valence electrons. The molecule has 2 atom stereocenters. The first-order valence-corrected chi connectivity index (χ1v) is 5.74. The van der Waals surface area contributed by atoms with Gasteiger partial charge in [-0.05, 0) is 37.0 Å². The smallest absolute Gasteiger partial charge is 0.00671 e. The van der Waals surface area contributed by atoms with Crippen LogP contribution in [0.2, 0.25) is 0 Å². The highest BCUT2D eigenvalue weighted by atomic mass is 14.7. The van der Waals surface area contributed by atoms with Gasteiger partial charge in [-0.15, -0.1) is 0 Å². The monoisotopic (exact) mass is 183 g/mol. The molecule has 2 N–H and O–H groups in total. The predicted molar refractivity (Wildman–Crippen MR) is 58.6 cm³/mol. The van der Waals surface area contributed by atoms with Crippen LogP contribution in [0.4, 0.5) is 0 Å². The molecular formula is C12H25N. The van der Waals surface area contributed by atoms with E-state index >= 15 is 0 Å². The summed E-state index contributed by atoms with van der Waals surface area (Å²) in [6.07, 6.45) is 8.05. The van der Waals surface area contributed by atoms with Gasteiger partial charge in [0.2, 0.25) is 0 Å². The van der Waals surface area contributed by atoms with Crippen LogP contribution in [0.3, 0.4) is 0 Å². The molecule has 0 aromatic carbocycles. The second-order valence-corrected chi connectivity index (χ2v) is 5.81. The Labute approximate surface area is 83.1 Å². The molecule has 1 nitrogen and oxygen atoms in total. The van der Waals surface area contributed by atoms with Crippen LogP contribution < -0.4 is 5.73 Å². The van der Waals surface area contributed by atoms with Gasteiger partial charge in [0.1, 0.15) is 0 Å². The largest absolute Gasteiger partial charge is 0.327 e. The number of hydrogen-bond acceptors (Lipinski definition) is 1. The second kappa shape index (κ2) is 4.45. The molecule has 0 saturated heterocycles. The molecule has 0 spiro atoms. The molecule has 1 rings (SSSR count). The Morgan fingerprint density at radius 3 is 2.31 bits per heavy atom. The first kappa shape index (κ1) is 11.0. The summed E-state index contributed by atoms with van der Waals surface area (Å²) in [5.41, 5.74) is 6.59. The molecule has 0 aliphatic heterocycles. The van der Waals surface area contributed by atoms with E-state index in [0.29, 0.717) is 11.5 Å². The maximum absolute atomic E-state index is 6.11. The standard InChI is InChI=1S/C12H25N/c1-12(2,3)9-8-10-6-4-5-7-11(10)13/h10-11H,4-9,13H2,1-3H3. The number of hydrogen-bond donors (Lipinski definition) is 1. The van der Waals surface area contributed by atoms with Crippen LogP contribution in [0, 0.1) is 11.3 Å². The molecule has 1 heteroatoms. The Morgan fingerprint density at radius 2 is 1.77 bits per heavy atom. The van der Waals surface area contributed by atoms with Crippen LogP contribution in [-0.2, 0) is 0 Å². The Kier molecular flexibility index (Phi) is 3.78.